The molecule has 1 fully saturated rings. The minimum Gasteiger partial charge on any atom is -0.348 e. The molecule has 0 bridgehead atoms. The average Bonchev–Trinajstić information content (AvgIpc) is 2.84. The molecule has 1 unspecified atom stereocenters. The summed E-state index contributed by atoms with van der Waals surface area (Å²) in [4.78, 5) is 26.9. The molecule has 3 aromatic carbocycles. The Morgan fingerprint density at radius 3 is 1.97 bits per heavy atom. The maximum Gasteiger partial charge on any atom is 0.244 e. The van der Waals surface area contributed by atoms with Crippen molar-refractivity contribution >= 4 is 21.8 Å². The molecule has 8 heteroatoms. The van der Waals surface area contributed by atoms with Crippen LogP contribution < -0.4 is 10.6 Å². The van der Waals surface area contributed by atoms with Crippen LogP contribution in [-0.4, -0.2) is 42.7 Å². The molecular formula is C30H35N3O4S. The molecule has 1 saturated heterocycles. The third-order valence-electron chi connectivity index (χ3n) is 6.78. The van der Waals surface area contributed by atoms with E-state index in [1.165, 1.54) is 4.31 Å². The molecule has 1 heterocycles. The molecule has 0 radical (unpaired) electrons. The van der Waals surface area contributed by atoms with E-state index >= 15 is 0 Å². The van der Waals surface area contributed by atoms with E-state index in [1.54, 1.807) is 27.7 Å². The number of rotatable bonds is 7. The van der Waals surface area contributed by atoms with Crippen molar-refractivity contribution in [2.24, 2.45) is 0 Å². The van der Waals surface area contributed by atoms with Gasteiger partial charge in [0.25, 0.3) is 0 Å². The molecule has 2 amide bonds. The number of piperazine rings is 1. The van der Waals surface area contributed by atoms with E-state index in [-0.39, 0.29) is 17.9 Å². The molecule has 0 spiro atoms. The van der Waals surface area contributed by atoms with Gasteiger partial charge in [0.15, 0.2) is 0 Å². The highest BCUT2D eigenvalue weighted by atomic mass is 32.2. The molecule has 1 atom stereocenters. The van der Waals surface area contributed by atoms with Crippen LogP contribution >= 0.6 is 0 Å². The van der Waals surface area contributed by atoms with E-state index < -0.39 is 39.5 Å². The van der Waals surface area contributed by atoms with Crippen LogP contribution in [0.4, 0.5) is 0 Å². The van der Waals surface area contributed by atoms with Crippen LogP contribution in [0, 0.1) is 20.8 Å². The summed E-state index contributed by atoms with van der Waals surface area (Å²) >= 11 is 0. The number of amides is 2. The van der Waals surface area contributed by atoms with Gasteiger partial charge in [0.2, 0.25) is 21.8 Å². The van der Waals surface area contributed by atoms with E-state index in [1.807, 2.05) is 79.7 Å². The van der Waals surface area contributed by atoms with Gasteiger partial charge in [-0.15, -0.1) is 0 Å². The second kappa shape index (κ2) is 10.7. The van der Waals surface area contributed by atoms with E-state index in [9.17, 15) is 18.0 Å². The largest absolute Gasteiger partial charge is 0.348 e. The summed E-state index contributed by atoms with van der Waals surface area (Å²) in [5, 5.41) is 5.93. The SMILES string of the molecule is Cc1cc(C)c(S(=O)(=O)N2CC(C)(C)NC(=O)C2CC(=O)NC(c2ccccc2)c2ccccc2)c(C)c1. The van der Waals surface area contributed by atoms with Crippen molar-refractivity contribution in [3.8, 4) is 0 Å². The Kier molecular flexibility index (Phi) is 7.76. The zero-order chi connectivity index (χ0) is 27.7. The molecule has 38 heavy (non-hydrogen) atoms. The van der Waals surface area contributed by atoms with Crippen molar-refractivity contribution in [2.75, 3.05) is 6.54 Å². The normalized spacial score (nSPS) is 17.7. The lowest BCUT2D eigenvalue weighted by Gasteiger charge is -2.42. The smallest absolute Gasteiger partial charge is 0.244 e. The Labute approximate surface area is 225 Å². The van der Waals surface area contributed by atoms with Gasteiger partial charge in [-0.25, -0.2) is 8.42 Å². The second-order valence-corrected chi connectivity index (χ2v) is 12.5. The van der Waals surface area contributed by atoms with Crippen molar-refractivity contribution in [3.63, 3.8) is 0 Å². The van der Waals surface area contributed by atoms with Crippen LogP contribution in [0.3, 0.4) is 0 Å². The van der Waals surface area contributed by atoms with Crippen LogP contribution in [0.15, 0.2) is 77.7 Å². The molecule has 0 aliphatic carbocycles. The number of sulfonamides is 1. The molecule has 1 aliphatic heterocycles. The lowest BCUT2D eigenvalue weighted by atomic mass is 9.97. The van der Waals surface area contributed by atoms with Gasteiger partial charge in [0.1, 0.15) is 6.04 Å². The summed E-state index contributed by atoms with van der Waals surface area (Å²) in [6.07, 6.45) is -0.304. The summed E-state index contributed by atoms with van der Waals surface area (Å²) in [5.41, 5.74) is 3.17. The monoisotopic (exact) mass is 533 g/mol. The van der Waals surface area contributed by atoms with E-state index in [0.29, 0.717) is 11.1 Å². The fourth-order valence-corrected chi connectivity index (χ4v) is 7.43. The highest BCUT2D eigenvalue weighted by Crippen LogP contribution is 2.31. The third kappa shape index (κ3) is 5.81. The van der Waals surface area contributed by atoms with Gasteiger partial charge in [0, 0.05) is 12.1 Å². The molecule has 0 aromatic heterocycles. The van der Waals surface area contributed by atoms with Crippen molar-refractivity contribution in [3.05, 3.63) is 101 Å². The van der Waals surface area contributed by atoms with Crippen LogP contribution in [0.5, 0.6) is 0 Å². The zero-order valence-corrected chi connectivity index (χ0v) is 23.3. The topological polar surface area (TPSA) is 95.6 Å². The van der Waals surface area contributed by atoms with Crippen molar-refractivity contribution < 1.29 is 18.0 Å². The Bertz CT molecular complexity index is 1370. The summed E-state index contributed by atoms with van der Waals surface area (Å²) in [6, 6.07) is 21.1. The first-order valence-electron chi connectivity index (χ1n) is 12.7. The molecule has 0 saturated carbocycles. The molecule has 4 rings (SSSR count). The van der Waals surface area contributed by atoms with E-state index in [2.05, 4.69) is 10.6 Å². The molecule has 7 nitrogen and oxygen atoms in total. The first kappa shape index (κ1) is 27.5. The highest BCUT2D eigenvalue weighted by Gasteiger charge is 2.46. The minimum absolute atomic E-state index is 0.0482. The van der Waals surface area contributed by atoms with Gasteiger partial charge in [0.05, 0.1) is 17.4 Å². The molecule has 200 valence electrons. The second-order valence-electron chi connectivity index (χ2n) is 10.7. The van der Waals surface area contributed by atoms with E-state index in [4.69, 9.17) is 0 Å². The minimum atomic E-state index is -4.08. The Morgan fingerprint density at radius 1 is 0.974 bits per heavy atom. The van der Waals surface area contributed by atoms with Gasteiger partial charge in [-0.1, -0.05) is 78.4 Å². The summed E-state index contributed by atoms with van der Waals surface area (Å²) < 4.78 is 29.3. The average molecular weight is 534 g/mol. The summed E-state index contributed by atoms with van der Waals surface area (Å²) in [5.74, 6) is -0.904. The number of nitrogens with zero attached hydrogens (tertiary/aromatic N) is 1. The van der Waals surface area contributed by atoms with Crippen LogP contribution in [-0.2, 0) is 19.6 Å². The number of hydrogen-bond acceptors (Lipinski definition) is 4. The zero-order valence-electron chi connectivity index (χ0n) is 22.5. The predicted molar refractivity (Wildman–Crippen MR) is 148 cm³/mol. The molecule has 1 aliphatic rings. The van der Waals surface area contributed by atoms with Gasteiger partial charge < -0.3 is 10.6 Å². The lowest BCUT2D eigenvalue weighted by Crippen LogP contribution is -2.66. The molecular weight excluding hydrogens is 498 g/mol. The fraction of sp³-hybridized carbons (Fsp3) is 0.333. The number of benzene rings is 3. The molecule has 2 N–H and O–H groups in total. The Morgan fingerprint density at radius 2 is 1.47 bits per heavy atom. The quantitative estimate of drug-likeness (QED) is 0.476. The number of carbonyl (C=O) groups excluding carboxylic acids is 2. The molecule has 3 aromatic rings. The predicted octanol–water partition coefficient (Wildman–Crippen LogP) is 4.18. The Hall–Kier alpha value is -3.49. The first-order valence-corrected chi connectivity index (χ1v) is 14.1. The Balaban J connectivity index is 1.67. The van der Waals surface area contributed by atoms with Crippen LogP contribution in [0.2, 0.25) is 0 Å². The van der Waals surface area contributed by atoms with Gasteiger partial charge >= 0.3 is 0 Å². The number of carbonyl (C=O) groups is 2. The van der Waals surface area contributed by atoms with Crippen molar-refractivity contribution in [2.45, 2.75) is 63.6 Å². The van der Waals surface area contributed by atoms with Gasteiger partial charge in [-0.2, -0.15) is 4.31 Å². The number of aryl methyl sites for hydroxylation is 3. The number of nitrogens with one attached hydrogen (secondary N) is 2. The van der Waals surface area contributed by atoms with Gasteiger partial charge in [-0.05, 0) is 56.9 Å². The first-order chi connectivity index (χ1) is 17.9. The van der Waals surface area contributed by atoms with Crippen molar-refractivity contribution in [1.29, 1.82) is 0 Å². The van der Waals surface area contributed by atoms with Crippen LogP contribution in [0.25, 0.3) is 0 Å². The maximum atomic E-state index is 14.0. The highest BCUT2D eigenvalue weighted by molar-refractivity contribution is 7.89. The third-order valence-corrected chi connectivity index (χ3v) is 8.95. The lowest BCUT2D eigenvalue weighted by molar-refractivity contribution is -0.134. The van der Waals surface area contributed by atoms with Crippen molar-refractivity contribution in [1.82, 2.24) is 14.9 Å². The van der Waals surface area contributed by atoms with E-state index in [0.717, 1.165) is 16.7 Å². The van der Waals surface area contributed by atoms with Crippen LogP contribution in [0.1, 0.15) is 54.1 Å². The van der Waals surface area contributed by atoms with Gasteiger partial charge in [-0.3, -0.25) is 9.59 Å². The summed E-state index contributed by atoms with van der Waals surface area (Å²) in [7, 11) is -4.08. The fourth-order valence-electron chi connectivity index (χ4n) is 5.27. The maximum absolute atomic E-state index is 14.0. The summed E-state index contributed by atoms with van der Waals surface area (Å²) in [6.45, 7) is 9.03. The standard InChI is InChI=1S/C30H35N3O4S/c1-20-16-21(2)28(22(3)17-20)38(36,37)33-19-30(4,5)32-29(35)25(33)18-26(34)31-27(23-12-8-6-9-13-23)24-14-10-7-11-15-24/h6-17,25,27H,18-19H2,1-5H3,(H,31,34)(H,32,35). The number of hydrogen-bond donors (Lipinski definition) is 2.